The predicted molar refractivity (Wildman–Crippen MR) is 142 cm³/mol. The molecule has 0 bridgehead atoms. The number of carbonyl (C=O) groups is 2. The van der Waals surface area contributed by atoms with Crippen LogP contribution in [0.1, 0.15) is 36.0 Å². The van der Waals surface area contributed by atoms with Gasteiger partial charge in [-0.1, -0.05) is 85.8 Å². The summed E-state index contributed by atoms with van der Waals surface area (Å²) in [5.41, 5.74) is 7.42. The van der Waals surface area contributed by atoms with Crippen LogP contribution in [0.25, 0.3) is 0 Å². The molecule has 7 nitrogen and oxygen atoms in total. The molecule has 0 saturated heterocycles. The van der Waals surface area contributed by atoms with Gasteiger partial charge in [0.2, 0.25) is 11.7 Å². The van der Waals surface area contributed by atoms with Crippen molar-refractivity contribution in [3.63, 3.8) is 0 Å². The van der Waals surface area contributed by atoms with E-state index in [1.54, 1.807) is 18.2 Å². The molecule has 8 heteroatoms. The van der Waals surface area contributed by atoms with Crippen molar-refractivity contribution in [1.29, 1.82) is 0 Å². The summed E-state index contributed by atoms with van der Waals surface area (Å²) >= 11 is 0. The minimum Gasteiger partial charge on any atom is -0.484 e. The molecule has 1 heterocycles. The maximum atomic E-state index is 14.8. The van der Waals surface area contributed by atoms with E-state index < -0.39 is 35.6 Å². The third kappa shape index (κ3) is 6.45. The van der Waals surface area contributed by atoms with Crippen LogP contribution in [0.3, 0.4) is 0 Å². The Bertz CT molecular complexity index is 1250. The van der Waals surface area contributed by atoms with Gasteiger partial charge in [-0.2, -0.15) is 0 Å². The zero-order valence-electron chi connectivity index (χ0n) is 21.2. The van der Waals surface area contributed by atoms with E-state index in [9.17, 15) is 19.1 Å². The summed E-state index contributed by atoms with van der Waals surface area (Å²) < 4.78 is 20.5. The lowest BCUT2D eigenvalue weighted by atomic mass is 9.86. The standard InChI is InChI=1S/C30H32FN3O4/c1-2-17-34(19-25(35)27(22-13-7-4-8-14-22)23-15-9-10-16-24(23)31)30(37)28-29(36)26(18-32-33-28)38-20-21-11-5-3-6-12-21/h3-16,18,25,27-28,32-33,35H,2,17,19-20H2,1H3. The smallest absolute Gasteiger partial charge is 0.249 e. The lowest BCUT2D eigenvalue weighted by molar-refractivity contribution is -0.140. The first kappa shape index (κ1) is 27.0. The van der Waals surface area contributed by atoms with Crippen molar-refractivity contribution < 1.29 is 23.8 Å². The normalized spacial score (nSPS) is 16.7. The van der Waals surface area contributed by atoms with Crippen molar-refractivity contribution >= 4 is 11.7 Å². The lowest BCUT2D eigenvalue weighted by Gasteiger charge is -2.33. The van der Waals surface area contributed by atoms with Gasteiger partial charge in [-0.25, -0.2) is 9.82 Å². The van der Waals surface area contributed by atoms with Crippen LogP contribution >= 0.6 is 0 Å². The third-order valence-electron chi connectivity index (χ3n) is 6.42. The Labute approximate surface area is 221 Å². The molecule has 0 aromatic heterocycles. The molecule has 3 aromatic carbocycles. The minimum absolute atomic E-state index is 0.0384. The number of nitrogens with one attached hydrogen (secondary N) is 2. The van der Waals surface area contributed by atoms with Gasteiger partial charge in [0, 0.05) is 19.0 Å². The number of carbonyl (C=O) groups excluding carboxylic acids is 2. The molecule has 3 unspecified atom stereocenters. The summed E-state index contributed by atoms with van der Waals surface area (Å²) in [4.78, 5) is 28.1. The summed E-state index contributed by atoms with van der Waals surface area (Å²) in [7, 11) is 0. The van der Waals surface area contributed by atoms with Crippen LogP contribution in [-0.2, 0) is 20.9 Å². The molecule has 198 valence electrons. The second-order valence-corrected chi connectivity index (χ2v) is 9.13. The quantitative estimate of drug-likeness (QED) is 0.337. The van der Waals surface area contributed by atoms with Crippen molar-refractivity contribution in [3.8, 4) is 0 Å². The number of Topliss-reactive ketones (excluding diaryl/α,β-unsaturated/α-hetero) is 1. The van der Waals surface area contributed by atoms with Crippen LogP contribution in [0.15, 0.2) is 96.9 Å². The lowest BCUT2D eigenvalue weighted by Crippen LogP contribution is -2.58. The van der Waals surface area contributed by atoms with E-state index in [1.807, 2.05) is 67.6 Å². The Morgan fingerprint density at radius 2 is 1.68 bits per heavy atom. The number of nitrogens with zero attached hydrogens (tertiary/aromatic N) is 1. The average molecular weight is 518 g/mol. The number of benzene rings is 3. The fraction of sp³-hybridized carbons (Fsp3) is 0.267. The first-order valence-corrected chi connectivity index (χ1v) is 12.7. The van der Waals surface area contributed by atoms with Crippen molar-refractivity contribution in [2.75, 3.05) is 13.1 Å². The van der Waals surface area contributed by atoms with Gasteiger partial charge < -0.3 is 20.2 Å². The summed E-state index contributed by atoms with van der Waals surface area (Å²) in [6.07, 6.45) is 0.869. The van der Waals surface area contributed by atoms with Crippen LogP contribution in [0.4, 0.5) is 4.39 Å². The number of hydrazine groups is 1. The van der Waals surface area contributed by atoms with E-state index in [1.165, 1.54) is 17.2 Å². The molecule has 1 aliphatic heterocycles. The van der Waals surface area contributed by atoms with Crippen LogP contribution in [-0.4, -0.2) is 46.9 Å². The Balaban J connectivity index is 1.51. The van der Waals surface area contributed by atoms with Crippen LogP contribution in [0.5, 0.6) is 0 Å². The average Bonchev–Trinajstić information content (AvgIpc) is 2.94. The molecule has 3 atom stereocenters. The summed E-state index contributed by atoms with van der Waals surface area (Å²) in [6, 6.07) is 23.6. The summed E-state index contributed by atoms with van der Waals surface area (Å²) in [5, 5.41) is 11.4. The molecular weight excluding hydrogens is 485 g/mol. The predicted octanol–water partition coefficient (Wildman–Crippen LogP) is 3.66. The number of ether oxygens (including phenoxy) is 1. The van der Waals surface area contributed by atoms with Crippen molar-refractivity contribution in [1.82, 2.24) is 15.8 Å². The zero-order chi connectivity index (χ0) is 26.9. The first-order chi connectivity index (χ1) is 18.5. The van der Waals surface area contributed by atoms with E-state index in [0.717, 1.165) is 11.1 Å². The van der Waals surface area contributed by atoms with E-state index in [-0.39, 0.29) is 18.9 Å². The maximum absolute atomic E-state index is 14.8. The number of amides is 1. The number of aliphatic hydroxyl groups excluding tert-OH is 1. The van der Waals surface area contributed by atoms with Gasteiger partial charge in [-0.05, 0) is 29.2 Å². The second-order valence-electron chi connectivity index (χ2n) is 9.13. The molecule has 38 heavy (non-hydrogen) atoms. The fourth-order valence-electron chi connectivity index (χ4n) is 4.56. The van der Waals surface area contributed by atoms with E-state index in [4.69, 9.17) is 4.74 Å². The Morgan fingerprint density at radius 1 is 1.03 bits per heavy atom. The summed E-state index contributed by atoms with van der Waals surface area (Å²) in [6.45, 7) is 2.31. The van der Waals surface area contributed by atoms with Gasteiger partial charge in [0.1, 0.15) is 12.4 Å². The highest BCUT2D eigenvalue weighted by atomic mass is 19.1. The van der Waals surface area contributed by atoms with E-state index in [2.05, 4.69) is 10.9 Å². The Kier molecular flexibility index (Phi) is 9.24. The molecule has 4 rings (SSSR count). The molecule has 0 radical (unpaired) electrons. The highest BCUT2D eigenvalue weighted by molar-refractivity contribution is 6.12. The monoisotopic (exact) mass is 517 g/mol. The van der Waals surface area contributed by atoms with E-state index >= 15 is 0 Å². The van der Waals surface area contributed by atoms with Crippen LogP contribution in [0.2, 0.25) is 0 Å². The van der Waals surface area contributed by atoms with Gasteiger partial charge in [-0.3, -0.25) is 9.59 Å². The number of aliphatic hydroxyl groups is 1. The number of ketones is 1. The largest absolute Gasteiger partial charge is 0.484 e. The number of hydrogen-bond donors (Lipinski definition) is 3. The molecule has 3 aromatic rings. The van der Waals surface area contributed by atoms with Crippen LogP contribution < -0.4 is 10.9 Å². The topological polar surface area (TPSA) is 90.9 Å². The first-order valence-electron chi connectivity index (χ1n) is 12.7. The molecule has 0 spiro atoms. The molecular formula is C30H32FN3O4. The van der Waals surface area contributed by atoms with Crippen LogP contribution in [0, 0.1) is 5.82 Å². The molecule has 3 N–H and O–H groups in total. The second kappa shape index (κ2) is 13.0. The number of hydrogen-bond acceptors (Lipinski definition) is 6. The Morgan fingerprint density at radius 3 is 2.37 bits per heavy atom. The molecule has 0 aliphatic carbocycles. The molecule has 0 fully saturated rings. The SMILES string of the molecule is CCCN(CC(O)C(c1ccccc1)c1ccccc1F)C(=O)C1NNC=C(OCc2ccccc2)C1=O. The minimum atomic E-state index is -1.23. The zero-order valence-corrected chi connectivity index (χ0v) is 21.2. The third-order valence-corrected chi connectivity index (χ3v) is 6.42. The molecule has 0 saturated carbocycles. The van der Waals surface area contributed by atoms with Crippen molar-refractivity contribution in [2.24, 2.45) is 0 Å². The van der Waals surface area contributed by atoms with E-state index in [0.29, 0.717) is 18.5 Å². The van der Waals surface area contributed by atoms with Gasteiger partial charge in [0.25, 0.3) is 0 Å². The molecule has 1 amide bonds. The Hall–Kier alpha value is -4.01. The summed E-state index contributed by atoms with van der Waals surface area (Å²) in [5.74, 6) is -2.11. The fourth-order valence-corrected chi connectivity index (χ4v) is 4.56. The molecule has 1 aliphatic rings. The highest BCUT2D eigenvalue weighted by Gasteiger charge is 2.37. The number of rotatable bonds is 11. The number of halogens is 1. The maximum Gasteiger partial charge on any atom is 0.249 e. The van der Waals surface area contributed by atoms with Gasteiger partial charge >= 0.3 is 0 Å². The van der Waals surface area contributed by atoms with Gasteiger partial charge in [-0.15, -0.1) is 0 Å². The van der Waals surface area contributed by atoms with Crippen molar-refractivity contribution in [2.45, 2.75) is 38.0 Å². The van der Waals surface area contributed by atoms with Gasteiger partial charge in [0.15, 0.2) is 11.8 Å². The van der Waals surface area contributed by atoms with Crippen molar-refractivity contribution in [3.05, 3.63) is 119 Å². The van der Waals surface area contributed by atoms with Gasteiger partial charge in [0.05, 0.1) is 12.3 Å². The highest BCUT2D eigenvalue weighted by Crippen LogP contribution is 2.30.